The number of halogens is 1. The first-order valence-corrected chi connectivity index (χ1v) is 7.34. The van der Waals surface area contributed by atoms with Crippen LogP contribution in [0, 0.1) is 5.82 Å². The normalized spacial score (nSPS) is 20.9. The van der Waals surface area contributed by atoms with Crippen LogP contribution in [-0.2, 0) is 7.05 Å². The van der Waals surface area contributed by atoms with Crippen molar-refractivity contribution in [2.45, 2.75) is 31.9 Å². The summed E-state index contributed by atoms with van der Waals surface area (Å²) in [7, 11) is 1.96. The molecule has 2 atom stereocenters. The number of hydrogen-bond acceptors (Lipinski definition) is 3. The lowest BCUT2D eigenvalue weighted by molar-refractivity contribution is 0.144. The van der Waals surface area contributed by atoms with E-state index in [9.17, 15) is 4.39 Å². The smallest absolute Gasteiger partial charge is 0.142 e. The number of aromatic nitrogens is 2. The Labute approximate surface area is 124 Å². The minimum absolute atomic E-state index is 0.0650. The summed E-state index contributed by atoms with van der Waals surface area (Å²) in [6, 6.07) is 4.83. The van der Waals surface area contributed by atoms with Gasteiger partial charge in [-0.1, -0.05) is 6.92 Å². The van der Waals surface area contributed by atoms with E-state index in [4.69, 9.17) is 4.74 Å². The van der Waals surface area contributed by atoms with Gasteiger partial charge in [0.2, 0.25) is 0 Å². The molecule has 0 saturated heterocycles. The average molecular weight is 289 g/mol. The molecule has 0 radical (unpaired) electrons. The molecule has 112 valence electrons. The van der Waals surface area contributed by atoms with Gasteiger partial charge in [0.1, 0.15) is 17.7 Å². The Kier molecular flexibility index (Phi) is 3.92. The lowest BCUT2D eigenvalue weighted by atomic mass is 9.95. The molecular weight excluding hydrogens is 269 g/mol. The predicted molar refractivity (Wildman–Crippen MR) is 78.6 cm³/mol. The van der Waals surface area contributed by atoms with E-state index in [1.54, 1.807) is 18.5 Å². The van der Waals surface area contributed by atoms with E-state index >= 15 is 0 Å². The summed E-state index contributed by atoms with van der Waals surface area (Å²) >= 11 is 0. The van der Waals surface area contributed by atoms with Gasteiger partial charge >= 0.3 is 0 Å². The summed E-state index contributed by atoms with van der Waals surface area (Å²) in [5.41, 5.74) is 1.94. The fourth-order valence-corrected chi connectivity index (χ4v) is 2.81. The summed E-state index contributed by atoms with van der Waals surface area (Å²) in [6.45, 7) is 3.02. The second-order valence-corrected chi connectivity index (χ2v) is 5.46. The molecule has 0 bridgehead atoms. The van der Waals surface area contributed by atoms with Crippen molar-refractivity contribution in [2.24, 2.45) is 7.05 Å². The van der Waals surface area contributed by atoms with Gasteiger partial charge in [-0.3, -0.25) is 0 Å². The molecule has 2 unspecified atom stereocenters. The van der Waals surface area contributed by atoms with Crippen LogP contribution >= 0.6 is 0 Å². The first-order valence-electron chi connectivity index (χ1n) is 7.34. The topological polar surface area (TPSA) is 39.1 Å². The maximum absolute atomic E-state index is 13.5. The van der Waals surface area contributed by atoms with Gasteiger partial charge in [0, 0.05) is 25.1 Å². The van der Waals surface area contributed by atoms with Gasteiger partial charge in [0.15, 0.2) is 0 Å². The van der Waals surface area contributed by atoms with E-state index in [0.717, 1.165) is 36.4 Å². The van der Waals surface area contributed by atoms with Crippen molar-refractivity contribution in [3.63, 3.8) is 0 Å². The molecule has 2 aromatic rings. The molecule has 1 N–H and O–H groups in total. The fourth-order valence-electron chi connectivity index (χ4n) is 2.81. The number of rotatable bonds is 4. The van der Waals surface area contributed by atoms with Crippen LogP contribution < -0.4 is 10.1 Å². The standard InChI is InChI=1S/C16H20FN3O/c1-3-6-19-13-8-16(14-9-18-10-20(14)2)21-15-5-4-11(17)7-12(13)15/h4-5,7,9-10,13,16,19H,3,6,8H2,1-2H3. The van der Waals surface area contributed by atoms with Crippen molar-refractivity contribution in [3.8, 4) is 5.75 Å². The number of nitrogens with zero attached hydrogens (tertiary/aromatic N) is 2. The number of aryl methyl sites for hydroxylation is 1. The third-order valence-corrected chi connectivity index (χ3v) is 3.89. The highest BCUT2D eigenvalue weighted by Gasteiger charge is 2.30. The SMILES string of the molecule is CCCNC1CC(c2cncn2C)Oc2ccc(F)cc21. The van der Waals surface area contributed by atoms with E-state index in [1.165, 1.54) is 6.07 Å². The second-order valence-electron chi connectivity index (χ2n) is 5.46. The number of hydrogen-bond donors (Lipinski definition) is 1. The molecule has 3 rings (SSSR count). The highest BCUT2D eigenvalue weighted by atomic mass is 19.1. The Balaban J connectivity index is 1.92. The summed E-state index contributed by atoms with van der Waals surface area (Å²) in [5, 5.41) is 3.49. The summed E-state index contributed by atoms with van der Waals surface area (Å²) < 4.78 is 21.6. The molecule has 21 heavy (non-hydrogen) atoms. The van der Waals surface area contributed by atoms with E-state index in [0.29, 0.717) is 0 Å². The van der Waals surface area contributed by atoms with Gasteiger partial charge in [0.25, 0.3) is 0 Å². The van der Waals surface area contributed by atoms with Crippen LogP contribution in [0.5, 0.6) is 5.75 Å². The molecule has 0 saturated carbocycles. The van der Waals surface area contributed by atoms with E-state index in [2.05, 4.69) is 17.2 Å². The zero-order valence-electron chi connectivity index (χ0n) is 12.3. The first-order chi connectivity index (χ1) is 10.2. The molecule has 1 aliphatic rings. The van der Waals surface area contributed by atoms with Crippen LogP contribution in [0.4, 0.5) is 4.39 Å². The number of imidazole rings is 1. The molecule has 1 aliphatic heterocycles. The number of benzene rings is 1. The second kappa shape index (κ2) is 5.85. The molecule has 0 spiro atoms. The van der Waals surface area contributed by atoms with E-state index in [1.807, 2.05) is 17.8 Å². The maximum Gasteiger partial charge on any atom is 0.142 e. The first kappa shape index (κ1) is 14.1. The van der Waals surface area contributed by atoms with E-state index < -0.39 is 0 Å². The summed E-state index contributed by atoms with van der Waals surface area (Å²) in [4.78, 5) is 4.16. The van der Waals surface area contributed by atoms with Crippen LogP contribution in [0.15, 0.2) is 30.7 Å². The van der Waals surface area contributed by atoms with Gasteiger partial charge in [-0.15, -0.1) is 0 Å². The van der Waals surface area contributed by atoms with Gasteiger partial charge in [0.05, 0.1) is 18.2 Å². The molecule has 0 fully saturated rings. The Morgan fingerprint density at radius 1 is 1.48 bits per heavy atom. The zero-order valence-corrected chi connectivity index (χ0v) is 12.3. The summed E-state index contributed by atoms with van der Waals surface area (Å²) in [6.07, 6.45) is 5.35. The lowest BCUT2D eigenvalue weighted by Gasteiger charge is -2.33. The zero-order chi connectivity index (χ0) is 14.8. The van der Waals surface area contributed by atoms with Crippen LogP contribution in [0.3, 0.4) is 0 Å². The van der Waals surface area contributed by atoms with Crippen molar-refractivity contribution >= 4 is 0 Å². The average Bonchev–Trinajstić information content (AvgIpc) is 2.91. The molecule has 4 nitrogen and oxygen atoms in total. The quantitative estimate of drug-likeness (QED) is 0.940. The number of nitrogens with one attached hydrogen (secondary N) is 1. The van der Waals surface area contributed by atoms with Crippen LogP contribution in [0.2, 0.25) is 0 Å². The molecule has 0 amide bonds. The maximum atomic E-state index is 13.5. The van der Waals surface area contributed by atoms with Gasteiger partial charge in [-0.05, 0) is 31.2 Å². The van der Waals surface area contributed by atoms with Crippen molar-refractivity contribution in [2.75, 3.05) is 6.54 Å². The van der Waals surface area contributed by atoms with Crippen LogP contribution in [0.1, 0.15) is 43.2 Å². The van der Waals surface area contributed by atoms with Gasteiger partial charge < -0.3 is 14.6 Å². The lowest BCUT2D eigenvalue weighted by Crippen LogP contribution is -2.30. The Morgan fingerprint density at radius 3 is 3.05 bits per heavy atom. The molecular formula is C16H20FN3O. The monoisotopic (exact) mass is 289 g/mol. The third-order valence-electron chi connectivity index (χ3n) is 3.89. The highest BCUT2D eigenvalue weighted by molar-refractivity contribution is 5.39. The number of fused-ring (bicyclic) bond motifs is 1. The largest absolute Gasteiger partial charge is 0.484 e. The molecule has 1 aromatic heterocycles. The number of ether oxygens (including phenoxy) is 1. The third kappa shape index (κ3) is 2.78. The highest BCUT2D eigenvalue weighted by Crippen LogP contribution is 2.40. The fraction of sp³-hybridized carbons (Fsp3) is 0.438. The van der Waals surface area contributed by atoms with Crippen molar-refractivity contribution in [1.82, 2.24) is 14.9 Å². The molecule has 0 aliphatic carbocycles. The Hall–Kier alpha value is -1.88. The minimum atomic E-state index is -0.223. The van der Waals surface area contributed by atoms with Crippen molar-refractivity contribution in [3.05, 3.63) is 47.8 Å². The molecule has 1 aromatic carbocycles. The van der Waals surface area contributed by atoms with Crippen molar-refractivity contribution < 1.29 is 9.13 Å². The Morgan fingerprint density at radius 2 is 2.33 bits per heavy atom. The van der Waals surface area contributed by atoms with E-state index in [-0.39, 0.29) is 18.0 Å². The van der Waals surface area contributed by atoms with Crippen LogP contribution in [-0.4, -0.2) is 16.1 Å². The Bertz CT molecular complexity index is 626. The van der Waals surface area contributed by atoms with Crippen molar-refractivity contribution in [1.29, 1.82) is 0 Å². The molecule has 5 heteroatoms. The van der Waals surface area contributed by atoms with Gasteiger partial charge in [-0.25, -0.2) is 9.37 Å². The van der Waals surface area contributed by atoms with Crippen LogP contribution in [0.25, 0.3) is 0 Å². The van der Waals surface area contributed by atoms with Gasteiger partial charge in [-0.2, -0.15) is 0 Å². The summed E-state index contributed by atoms with van der Waals surface area (Å²) in [5.74, 6) is 0.530. The molecule has 2 heterocycles. The predicted octanol–water partition coefficient (Wildman–Crippen LogP) is 3.12. The minimum Gasteiger partial charge on any atom is -0.484 e.